The zero-order valence-electron chi connectivity index (χ0n) is 9.61. The maximum absolute atomic E-state index is 11.6. The van der Waals surface area contributed by atoms with Gasteiger partial charge in [0.15, 0.2) is 0 Å². The number of amides is 1. The summed E-state index contributed by atoms with van der Waals surface area (Å²) < 4.78 is 5.28. The molecule has 1 saturated carbocycles. The van der Waals surface area contributed by atoms with Crippen LogP contribution in [0.1, 0.15) is 38.5 Å². The molecule has 2 rings (SSSR count). The van der Waals surface area contributed by atoms with Crippen molar-refractivity contribution in [2.75, 3.05) is 19.7 Å². The van der Waals surface area contributed by atoms with Crippen molar-refractivity contribution in [1.82, 2.24) is 4.90 Å². The van der Waals surface area contributed by atoms with E-state index in [1.165, 1.54) is 0 Å². The van der Waals surface area contributed by atoms with Gasteiger partial charge in [-0.15, -0.1) is 0 Å². The van der Waals surface area contributed by atoms with Crippen LogP contribution in [0, 0.1) is 5.92 Å². The van der Waals surface area contributed by atoms with E-state index in [1.54, 1.807) is 4.90 Å². The lowest BCUT2D eigenvalue weighted by atomic mass is 9.89. The number of carbonyl (C=O) groups is 2. The van der Waals surface area contributed by atoms with Crippen LogP contribution in [-0.4, -0.2) is 36.5 Å². The molecule has 0 N–H and O–H groups in total. The first-order chi connectivity index (χ1) is 7.75. The molecular formula is C12H19NO3. The number of carbonyl (C=O) groups excluding carboxylic acids is 2. The van der Waals surface area contributed by atoms with Crippen molar-refractivity contribution in [2.45, 2.75) is 38.5 Å². The minimum absolute atomic E-state index is 0.172. The van der Waals surface area contributed by atoms with Gasteiger partial charge in [-0.05, 0) is 31.6 Å². The van der Waals surface area contributed by atoms with E-state index in [9.17, 15) is 9.59 Å². The van der Waals surface area contributed by atoms with E-state index in [4.69, 9.17) is 4.74 Å². The van der Waals surface area contributed by atoms with Crippen LogP contribution in [0.4, 0.5) is 4.79 Å². The number of likely N-dealkylation sites (tertiary alicyclic amines) is 1. The predicted octanol–water partition coefficient (Wildman–Crippen LogP) is 1.98. The molecule has 0 radical (unpaired) electrons. The molecule has 1 saturated heterocycles. The van der Waals surface area contributed by atoms with Crippen LogP contribution in [0.25, 0.3) is 0 Å². The third-order valence-corrected chi connectivity index (χ3v) is 3.47. The van der Waals surface area contributed by atoms with Crippen LogP contribution in [0.5, 0.6) is 0 Å². The van der Waals surface area contributed by atoms with Gasteiger partial charge in [0.05, 0.1) is 6.61 Å². The first-order valence-corrected chi connectivity index (χ1v) is 6.19. The summed E-state index contributed by atoms with van der Waals surface area (Å²) in [6.45, 7) is 2.16. The van der Waals surface area contributed by atoms with E-state index in [-0.39, 0.29) is 6.09 Å². The molecule has 2 aliphatic rings. The predicted molar refractivity (Wildman–Crippen MR) is 59.1 cm³/mol. The highest BCUT2D eigenvalue weighted by atomic mass is 16.6. The lowest BCUT2D eigenvalue weighted by molar-refractivity contribution is -0.121. The monoisotopic (exact) mass is 225 g/mol. The topological polar surface area (TPSA) is 46.6 Å². The molecule has 1 aliphatic heterocycles. The van der Waals surface area contributed by atoms with Crippen molar-refractivity contribution in [3.8, 4) is 0 Å². The molecule has 0 aromatic rings. The minimum Gasteiger partial charge on any atom is -0.449 e. The Balaban J connectivity index is 1.66. The largest absolute Gasteiger partial charge is 0.449 e. The van der Waals surface area contributed by atoms with Crippen LogP contribution in [-0.2, 0) is 9.53 Å². The van der Waals surface area contributed by atoms with Crippen LogP contribution in [0.3, 0.4) is 0 Å². The van der Waals surface area contributed by atoms with Gasteiger partial charge in [-0.3, -0.25) is 4.79 Å². The van der Waals surface area contributed by atoms with Crippen molar-refractivity contribution < 1.29 is 14.3 Å². The van der Waals surface area contributed by atoms with Crippen LogP contribution >= 0.6 is 0 Å². The molecule has 0 bridgehead atoms. The van der Waals surface area contributed by atoms with E-state index >= 15 is 0 Å². The molecule has 4 heteroatoms. The number of hydrogen-bond donors (Lipinski definition) is 0. The Morgan fingerprint density at radius 1 is 1.25 bits per heavy atom. The van der Waals surface area contributed by atoms with Gasteiger partial charge in [-0.25, -0.2) is 4.79 Å². The second-order valence-corrected chi connectivity index (χ2v) is 4.75. The fourth-order valence-electron chi connectivity index (χ4n) is 2.35. The van der Waals surface area contributed by atoms with E-state index in [1.807, 2.05) is 0 Å². The molecule has 0 atom stereocenters. The Morgan fingerprint density at radius 3 is 2.50 bits per heavy atom. The number of nitrogens with zero attached hydrogens (tertiary/aromatic N) is 1. The Labute approximate surface area is 95.9 Å². The average Bonchev–Trinajstić information content (AvgIpc) is 2.81. The molecule has 16 heavy (non-hydrogen) atoms. The highest BCUT2D eigenvalue weighted by Gasteiger charge is 2.23. The van der Waals surface area contributed by atoms with E-state index < -0.39 is 0 Å². The molecule has 1 heterocycles. The van der Waals surface area contributed by atoms with Gasteiger partial charge >= 0.3 is 6.09 Å². The lowest BCUT2D eigenvalue weighted by Gasteiger charge is -2.22. The highest BCUT2D eigenvalue weighted by Crippen LogP contribution is 2.22. The van der Waals surface area contributed by atoms with Crippen molar-refractivity contribution in [1.29, 1.82) is 0 Å². The summed E-state index contributed by atoms with van der Waals surface area (Å²) in [7, 11) is 0. The molecule has 1 aliphatic carbocycles. The normalized spacial score (nSPS) is 22.5. The second kappa shape index (κ2) is 5.32. The maximum Gasteiger partial charge on any atom is 0.409 e. The smallest absolute Gasteiger partial charge is 0.409 e. The van der Waals surface area contributed by atoms with Crippen LogP contribution in [0.2, 0.25) is 0 Å². The third kappa shape index (κ3) is 2.97. The van der Waals surface area contributed by atoms with Crippen molar-refractivity contribution in [3.05, 3.63) is 0 Å². The van der Waals surface area contributed by atoms with Gasteiger partial charge in [0.1, 0.15) is 5.78 Å². The fourth-order valence-corrected chi connectivity index (χ4v) is 2.35. The van der Waals surface area contributed by atoms with Crippen LogP contribution < -0.4 is 0 Å². The number of hydrogen-bond acceptors (Lipinski definition) is 3. The molecule has 4 nitrogen and oxygen atoms in total. The summed E-state index contributed by atoms with van der Waals surface area (Å²) in [5.41, 5.74) is 0. The van der Waals surface area contributed by atoms with Gasteiger partial charge in [-0.2, -0.15) is 0 Å². The van der Waals surface area contributed by atoms with E-state index in [0.29, 0.717) is 31.1 Å². The molecule has 0 aromatic carbocycles. The van der Waals surface area contributed by atoms with E-state index in [0.717, 1.165) is 38.8 Å². The molecular weight excluding hydrogens is 206 g/mol. The summed E-state index contributed by atoms with van der Waals surface area (Å²) in [6, 6.07) is 0. The van der Waals surface area contributed by atoms with E-state index in [2.05, 4.69) is 0 Å². The van der Waals surface area contributed by atoms with Gasteiger partial charge in [0.25, 0.3) is 0 Å². The first-order valence-electron chi connectivity index (χ1n) is 6.19. The standard InChI is InChI=1S/C12H19NO3/c14-11-5-3-10(4-6-11)9-16-12(15)13-7-1-2-8-13/h10H,1-9H2. The summed E-state index contributed by atoms with van der Waals surface area (Å²) in [6.07, 6.45) is 5.09. The SMILES string of the molecule is O=C1CCC(COC(=O)N2CCCC2)CC1. The fraction of sp³-hybridized carbons (Fsp3) is 0.833. The Morgan fingerprint density at radius 2 is 1.88 bits per heavy atom. The number of ether oxygens (including phenoxy) is 1. The zero-order valence-corrected chi connectivity index (χ0v) is 9.61. The Hall–Kier alpha value is -1.06. The minimum atomic E-state index is -0.172. The molecule has 0 spiro atoms. The lowest BCUT2D eigenvalue weighted by Crippen LogP contribution is -2.30. The highest BCUT2D eigenvalue weighted by molar-refractivity contribution is 5.79. The molecule has 2 fully saturated rings. The Bertz CT molecular complexity index is 261. The molecule has 0 aromatic heterocycles. The van der Waals surface area contributed by atoms with Crippen molar-refractivity contribution in [3.63, 3.8) is 0 Å². The molecule has 0 unspecified atom stereocenters. The number of Topliss-reactive ketones (excluding diaryl/α,β-unsaturated/α-hetero) is 1. The summed E-state index contributed by atoms with van der Waals surface area (Å²) >= 11 is 0. The van der Waals surface area contributed by atoms with Crippen molar-refractivity contribution >= 4 is 11.9 Å². The van der Waals surface area contributed by atoms with Gasteiger partial charge in [0, 0.05) is 25.9 Å². The second-order valence-electron chi connectivity index (χ2n) is 4.75. The van der Waals surface area contributed by atoms with Gasteiger partial charge in [-0.1, -0.05) is 0 Å². The number of rotatable bonds is 2. The zero-order chi connectivity index (χ0) is 11.4. The maximum atomic E-state index is 11.6. The van der Waals surface area contributed by atoms with Gasteiger partial charge < -0.3 is 9.64 Å². The summed E-state index contributed by atoms with van der Waals surface area (Å²) in [5.74, 6) is 0.742. The number of ketones is 1. The van der Waals surface area contributed by atoms with Gasteiger partial charge in [0.2, 0.25) is 0 Å². The third-order valence-electron chi connectivity index (χ3n) is 3.47. The molecule has 1 amide bonds. The van der Waals surface area contributed by atoms with Crippen molar-refractivity contribution in [2.24, 2.45) is 5.92 Å². The summed E-state index contributed by atoms with van der Waals surface area (Å²) in [4.78, 5) is 24.4. The quantitative estimate of drug-likeness (QED) is 0.722. The van der Waals surface area contributed by atoms with Crippen LogP contribution in [0.15, 0.2) is 0 Å². The Kier molecular flexibility index (Phi) is 3.80. The first kappa shape index (κ1) is 11.4. The molecule has 90 valence electrons. The average molecular weight is 225 g/mol. The summed E-state index contributed by atoms with van der Waals surface area (Å²) in [5, 5.41) is 0.